The molecule has 5 nitrogen and oxygen atoms in total. The van der Waals surface area contributed by atoms with Gasteiger partial charge in [0.2, 0.25) is 5.91 Å². The highest BCUT2D eigenvalue weighted by molar-refractivity contribution is 6.31. The number of hydrogen-bond acceptors (Lipinski definition) is 3. The molecule has 3 aliphatic rings. The number of para-hydroxylation sites is 1. The second-order valence-corrected chi connectivity index (χ2v) is 11.5. The van der Waals surface area contributed by atoms with Gasteiger partial charge in [-0.25, -0.2) is 4.39 Å². The van der Waals surface area contributed by atoms with Crippen LogP contribution in [-0.2, 0) is 16.6 Å². The molecular weight excluding hydrogens is 513 g/mol. The Morgan fingerprint density at radius 1 is 0.974 bits per heavy atom. The van der Waals surface area contributed by atoms with Crippen LogP contribution in [-0.4, -0.2) is 54.3 Å². The monoisotopic (exact) mass is 545 g/mol. The molecule has 0 saturated carbocycles. The van der Waals surface area contributed by atoms with Crippen LogP contribution in [0.2, 0.25) is 5.02 Å². The molecule has 1 spiro atoms. The van der Waals surface area contributed by atoms with E-state index in [1.165, 1.54) is 17.7 Å². The van der Waals surface area contributed by atoms with E-state index in [1.54, 1.807) is 19.1 Å². The molecule has 3 heterocycles. The maximum Gasteiger partial charge on any atom is 0.254 e. The molecule has 39 heavy (non-hydrogen) atoms. The molecule has 0 N–H and O–H groups in total. The number of likely N-dealkylation sites (tertiary alicyclic amines) is 1. The zero-order chi connectivity index (χ0) is 27.1. The molecule has 0 radical (unpaired) electrons. The second kappa shape index (κ2) is 10.4. The zero-order valence-electron chi connectivity index (χ0n) is 22.2. The number of halogens is 2. The Labute approximate surface area is 234 Å². The average Bonchev–Trinajstić information content (AvgIpc) is 3.27. The van der Waals surface area contributed by atoms with Crippen molar-refractivity contribution in [3.8, 4) is 0 Å². The van der Waals surface area contributed by atoms with Crippen molar-refractivity contribution in [3.05, 3.63) is 99.8 Å². The van der Waals surface area contributed by atoms with Gasteiger partial charge in [0.15, 0.2) is 0 Å². The van der Waals surface area contributed by atoms with E-state index in [1.807, 2.05) is 28.0 Å². The topological polar surface area (TPSA) is 43.9 Å². The first-order chi connectivity index (χ1) is 18.9. The smallest absolute Gasteiger partial charge is 0.254 e. The highest BCUT2D eigenvalue weighted by atomic mass is 35.5. The van der Waals surface area contributed by atoms with Gasteiger partial charge in [0.1, 0.15) is 5.82 Å². The van der Waals surface area contributed by atoms with Gasteiger partial charge in [0.05, 0.1) is 6.04 Å². The summed E-state index contributed by atoms with van der Waals surface area (Å²) >= 11 is 6.58. The minimum Gasteiger partial charge on any atom is -0.331 e. The molecule has 1 atom stereocenters. The van der Waals surface area contributed by atoms with Crippen LogP contribution in [0.4, 0.5) is 10.1 Å². The number of fused-ring (bicyclic) bond motifs is 3. The number of hydrogen-bond donors (Lipinski definition) is 0. The zero-order valence-corrected chi connectivity index (χ0v) is 23.0. The predicted molar refractivity (Wildman–Crippen MR) is 152 cm³/mol. The van der Waals surface area contributed by atoms with Crippen molar-refractivity contribution in [2.24, 2.45) is 0 Å². The molecule has 3 aromatic rings. The van der Waals surface area contributed by atoms with E-state index in [0.717, 1.165) is 67.3 Å². The summed E-state index contributed by atoms with van der Waals surface area (Å²) < 4.78 is 13.5. The Balaban J connectivity index is 1.19. The fourth-order valence-corrected chi connectivity index (χ4v) is 7.14. The van der Waals surface area contributed by atoms with E-state index in [4.69, 9.17) is 11.6 Å². The summed E-state index contributed by atoms with van der Waals surface area (Å²) in [5.41, 5.74) is 5.10. The van der Waals surface area contributed by atoms with E-state index in [9.17, 15) is 14.0 Å². The van der Waals surface area contributed by atoms with E-state index in [0.29, 0.717) is 18.5 Å². The number of piperidine rings is 1. The number of rotatable bonds is 4. The molecule has 0 bridgehead atoms. The summed E-state index contributed by atoms with van der Waals surface area (Å²) in [6, 6.07) is 20.0. The number of anilines is 1. The summed E-state index contributed by atoms with van der Waals surface area (Å²) in [6.07, 6.45) is 3.50. The molecule has 6 rings (SSSR count). The van der Waals surface area contributed by atoms with Gasteiger partial charge in [-0.1, -0.05) is 41.9 Å². The molecule has 2 amide bonds. The van der Waals surface area contributed by atoms with Crippen LogP contribution in [0, 0.1) is 5.82 Å². The van der Waals surface area contributed by atoms with Crippen molar-refractivity contribution in [1.29, 1.82) is 0 Å². The maximum absolute atomic E-state index is 13.6. The van der Waals surface area contributed by atoms with Gasteiger partial charge in [0, 0.05) is 48.2 Å². The van der Waals surface area contributed by atoms with Gasteiger partial charge in [-0.15, -0.1) is 0 Å². The third kappa shape index (κ3) is 4.74. The summed E-state index contributed by atoms with van der Waals surface area (Å²) in [6.45, 7) is 5.74. The van der Waals surface area contributed by atoms with E-state index < -0.39 is 0 Å². The first-order valence-electron chi connectivity index (χ1n) is 13.8. The molecule has 1 fully saturated rings. The Morgan fingerprint density at radius 3 is 2.46 bits per heavy atom. The van der Waals surface area contributed by atoms with Crippen molar-refractivity contribution in [1.82, 2.24) is 9.80 Å². The molecule has 7 heteroatoms. The van der Waals surface area contributed by atoms with Gasteiger partial charge >= 0.3 is 0 Å². The van der Waals surface area contributed by atoms with Crippen LogP contribution in [0.5, 0.6) is 0 Å². The van der Waals surface area contributed by atoms with Crippen molar-refractivity contribution in [2.45, 2.75) is 44.1 Å². The summed E-state index contributed by atoms with van der Waals surface area (Å²) in [5.74, 6) is -0.324. The molecule has 0 aliphatic carbocycles. The van der Waals surface area contributed by atoms with Crippen molar-refractivity contribution < 1.29 is 14.0 Å². The lowest BCUT2D eigenvalue weighted by molar-refractivity contribution is -0.116. The SMILES string of the molecule is CC(=O)N1CC2(CCN(CCC3c4cccc(Cl)c4CCN3C(=O)c3ccc(F)cc3)CC2)c2ccccc21. The third-order valence-corrected chi connectivity index (χ3v) is 9.34. The summed E-state index contributed by atoms with van der Waals surface area (Å²) in [7, 11) is 0. The number of nitrogens with zero attached hydrogens (tertiary/aromatic N) is 3. The summed E-state index contributed by atoms with van der Waals surface area (Å²) in [5, 5.41) is 0.751. The lowest BCUT2D eigenvalue weighted by Crippen LogP contribution is -2.47. The molecule has 202 valence electrons. The fraction of sp³-hybridized carbons (Fsp3) is 0.375. The lowest BCUT2D eigenvalue weighted by Gasteiger charge is -2.42. The van der Waals surface area contributed by atoms with Gasteiger partial charge < -0.3 is 14.7 Å². The van der Waals surface area contributed by atoms with Crippen LogP contribution in [0.25, 0.3) is 0 Å². The largest absolute Gasteiger partial charge is 0.331 e. The maximum atomic E-state index is 13.6. The van der Waals surface area contributed by atoms with Gasteiger partial charge in [0.25, 0.3) is 5.91 Å². The normalized spacial score (nSPS) is 20.1. The number of carbonyl (C=O) groups excluding carboxylic acids is 2. The minimum absolute atomic E-state index is 0.00825. The predicted octanol–water partition coefficient (Wildman–Crippen LogP) is 6.01. The highest BCUT2D eigenvalue weighted by Gasteiger charge is 2.45. The molecule has 1 unspecified atom stereocenters. The van der Waals surface area contributed by atoms with Gasteiger partial charge in [-0.2, -0.15) is 0 Å². The molecule has 0 aromatic heterocycles. The number of benzene rings is 3. The van der Waals surface area contributed by atoms with Crippen LogP contribution in [0.15, 0.2) is 66.7 Å². The van der Waals surface area contributed by atoms with E-state index >= 15 is 0 Å². The Hall–Kier alpha value is -3.22. The molecular formula is C32H33ClFN3O2. The first kappa shape index (κ1) is 26.0. The molecule has 3 aromatic carbocycles. The van der Waals surface area contributed by atoms with Crippen molar-refractivity contribution in [2.75, 3.05) is 37.6 Å². The first-order valence-corrected chi connectivity index (χ1v) is 14.2. The lowest BCUT2D eigenvalue weighted by atomic mass is 9.74. The number of amides is 2. The van der Waals surface area contributed by atoms with Crippen LogP contribution in [0.3, 0.4) is 0 Å². The van der Waals surface area contributed by atoms with Crippen LogP contribution in [0.1, 0.15) is 59.3 Å². The Bertz CT molecular complexity index is 1400. The van der Waals surface area contributed by atoms with E-state index in [2.05, 4.69) is 29.2 Å². The van der Waals surface area contributed by atoms with Crippen LogP contribution < -0.4 is 4.90 Å². The standard InChI is InChI=1S/C32H33ClFN3O2/c1-22(38)37-21-32(27-6-2-3-8-30(27)37)15-19-35(20-16-32)17-14-29-26-5-4-7-28(33)25(26)13-18-36(29)31(39)23-9-11-24(34)12-10-23/h2-12,29H,13-21H2,1H3. The minimum atomic E-state index is -0.349. The molecule has 1 saturated heterocycles. The quantitative estimate of drug-likeness (QED) is 0.403. The van der Waals surface area contributed by atoms with Crippen molar-refractivity contribution in [3.63, 3.8) is 0 Å². The Morgan fingerprint density at radius 2 is 1.72 bits per heavy atom. The Kier molecular flexibility index (Phi) is 6.94. The average molecular weight is 546 g/mol. The highest BCUT2D eigenvalue weighted by Crippen LogP contribution is 2.47. The fourth-order valence-electron chi connectivity index (χ4n) is 6.87. The second-order valence-electron chi connectivity index (χ2n) is 11.1. The third-order valence-electron chi connectivity index (χ3n) is 8.98. The molecule has 3 aliphatic heterocycles. The number of carbonyl (C=O) groups is 2. The van der Waals surface area contributed by atoms with Crippen LogP contribution >= 0.6 is 11.6 Å². The van der Waals surface area contributed by atoms with E-state index in [-0.39, 0.29) is 29.1 Å². The van der Waals surface area contributed by atoms with Crippen molar-refractivity contribution >= 4 is 29.1 Å². The van der Waals surface area contributed by atoms with Gasteiger partial charge in [-0.05, 0) is 91.9 Å². The summed E-state index contributed by atoms with van der Waals surface area (Å²) in [4.78, 5) is 32.3. The van der Waals surface area contributed by atoms with Gasteiger partial charge in [-0.3, -0.25) is 9.59 Å².